The Balaban J connectivity index is 2.58. The third-order valence-electron chi connectivity index (χ3n) is 3.13. The molecule has 98 valence electrons. The smallest absolute Gasteiger partial charge is 0.148 e. The number of carbonyl (C=O) groups excluding carboxylic acids is 2. The molecule has 2 rings (SSSR count). The Labute approximate surface area is 110 Å². The minimum Gasteiger partial charge on any atom is -0.496 e. The molecule has 1 aliphatic carbocycles. The van der Waals surface area contributed by atoms with Gasteiger partial charge in [0.05, 0.1) is 7.11 Å². The van der Waals surface area contributed by atoms with Crippen molar-refractivity contribution in [1.29, 1.82) is 0 Å². The number of methoxy groups -OCH3 is 1. The van der Waals surface area contributed by atoms with Crippen molar-refractivity contribution in [2.75, 3.05) is 7.11 Å². The maximum absolute atomic E-state index is 14.2. The van der Waals surface area contributed by atoms with Crippen molar-refractivity contribution in [2.24, 2.45) is 0 Å². The summed E-state index contributed by atoms with van der Waals surface area (Å²) in [4.78, 5) is 23.5. The van der Waals surface area contributed by atoms with Crippen LogP contribution in [0.15, 0.2) is 12.1 Å². The fourth-order valence-corrected chi connectivity index (χ4v) is 2.29. The van der Waals surface area contributed by atoms with E-state index in [2.05, 4.69) is 11.8 Å². The Hall–Kier alpha value is -2.15. The van der Waals surface area contributed by atoms with Crippen LogP contribution in [0, 0.1) is 17.7 Å². The van der Waals surface area contributed by atoms with E-state index >= 15 is 0 Å². The summed E-state index contributed by atoms with van der Waals surface area (Å²) in [5, 5.41) is 0. The monoisotopic (exact) mass is 260 g/mol. The predicted octanol–water partition coefficient (Wildman–Crippen LogP) is 2.22. The summed E-state index contributed by atoms with van der Waals surface area (Å²) < 4.78 is 19.3. The second-order valence-electron chi connectivity index (χ2n) is 4.31. The number of Topliss-reactive ketones (excluding diaryl/α,β-unsaturated/α-hetero) is 2. The van der Waals surface area contributed by atoms with Crippen LogP contribution in [0.25, 0.3) is 0 Å². The number of rotatable bonds is 2. The van der Waals surface area contributed by atoms with Gasteiger partial charge in [0.2, 0.25) is 0 Å². The van der Waals surface area contributed by atoms with Gasteiger partial charge in [0.15, 0.2) is 0 Å². The average molecular weight is 260 g/mol. The van der Waals surface area contributed by atoms with Crippen molar-refractivity contribution in [3.8, 4) is 17.6 Å². The lowest BCUT2D eigenvalue weighted by Crippen LogP contribution is -2.15. The average Bonchev–Trinajstić information content (AvgIpc) is 2.69. The summed E-state index contributed by atoms with van der Waals surface area (Å²) in [7, 11) is 1.38. The standard InChI is InChI=1S/C15H13FO3/c1-3-4-9-7-10(16)14(13(8-9)19-2)15-11(17)5-6-12(15)18/h7-8,15H,5-6H2,1-2H3. The molecule has 1 fully saturated rings. The Morgan fingerprint density at radius 2 is 1.89 bits per heavy atom. The van der Waals surface area contributed by atoms with Crippen LogP contribution in [0.2, 0.25) is 0 Å². The molecule has 1 aliphatic rings. The highest BCUT2D eigenvalue weighted by Gasteiger charge is 2.38. The molecule has 0 aromatic heterocycles. The molecule has 3 nitrogen and oxygen atoms in total. The largest absolute Gasteiger partial charge is 0.496 e. The van der Waals surface area contributed by atoms with Gasteiger partial charge >= 0.3 is 0 Å². The van der Waals surface area contributed by atoms with Crippen LogP contribution in [-0.2, 0) is 9.59 Å². The summed E-state index contributed by atoms with van der Waals surface area (Å²) in [6, 6.07) is 2.78. The van der Waals surface area contributed by atoms with Crippen LogP contribution in [0.4, 0.5) is 4.39 Å². The lowest BCUT2D eigenvalue weighted by molar-refractivity contribution is -0.123. The molecule has 4 heteroatoms. The highest BCUT2D eigenvalue weighted by atomic mass is 19.1. The van der Waals surface area contributed by atoms with Crippen molar-refractivity contribution in [3.05, 3.63) is 29.1 Å². The zero-order valence-electron chi connectivity index (χ0n) is 10.7. The molecule has 0 saturated heterocycles. The van der Waals surface area contributed by atoms with E-state index in [1.54, 1.807) is 13.0 Å². The molecule has 19 heavy (non-hydrogen) atoms. The van der Waals surface area contributed by atoms with Crippen molar-refractivity contribution in [1.82, 2.24) is 0 Å². The van der Waals surface area contributed by atoms with Crippen LogP contribution >= 0.6 is 0 Å². The topological polar surface area (TPSA) is 43.4 Å². The van der Waals surface area contributed by atoms with Crippen molar-refractivity contribution in [3.63, 3.8) is 0 Å². The minimum atomic E-state index is -1.03. The van der Waals surface area contributed by atoms with Crippen LogP contribution in [0.5, 0.6) is 5.75 Å². The van der Waals surface area contributed by atoms with Gasteiger partial charge in [-0.2, -0.15) is 0 Å². The van der Waals surface area contributed by atoms with Crippen molar-refractivity contribution in [2.45, 2.75) is 25.7 Å². The number of ketones is 2. The van der Waals surface area contributed by atoms with Gasteiger partial charge in [-0.05, 0) is 19.1 Å². The normalized spacial score (nSPS) is 15.3. The van der Waals surface area contributed by atoms with E-state index in [9.17, 15) is 14.0 Å². The van der Waals surface area contributed by atoms with Gasteiger partial charge in [-0.25, -0.2) is 4.39 Å². The second kappa shape index (κ2) is 5.23. The van der Waals surface area contributed by atoms with E-state index in [1.807, 2.05) is 0 Å². The Bertz CT molecular complexity index is 592. The van der Waals surface area contributed by atoms with Crippen molar-refractivity contribution >= 4 is 11.6 Å². The number of carbonyl (C=O) groups is 2. The van der Waals surface area contributed by atoms with Crippen LogP contribution < -0.4 is 4.74 Å². The number of halogens is 1. The summed E-state index contributed by atoms with van der Waals surface area (Å²) in [6.07, 6.45) is 0.339. The summed E-state index contributed by atoms with van der Waals surface area (Å²) in [5.41, 5.74) is 0.496. The minimum absolute atomic E-state index is 0.0386. The predicted molar refractivity (Wildman–Crippen MR) is 67.5 cm³/mol. The number of hydrogen-bond donors (Lipinski definition) is 0. The molecule has 0 atom stereocenters. The molecule has 0 unspecified atom stereocenters. The molecule has 0 radical (unpaired) electrons. The van der Waals surface area contributed by atoms with Crippen molar-refractivity contribution < 1.29 is 18.7 Å². The maximum atomic E-state index is 14.2. The van der Waals surface area contributed by atoms with E-state index in [0.717, 1.165) is 0 Å². The zero-order valence-corrected chi connectivity index (χ0v) is 10.7. The van der Waals surface area contributed by atoms with E-state index < -0.39 is 11.7 Å². The summed E-state index contributed by atoms with van der Waals surface area (Å²) in [5.74, 6) is 3.43. The lowest BCUT2D eigenvalue weighted by atomic mass is 9.93. The number of benzene rings is 1. The maximum Gasteiger partial charge on any atom is 0.148 e. The SMILES string of the molecule is CC#Cc1cc(F)c(C2C(=O)CCC2=O)c(OC)c1. The van der Waals surface area contributed by atoms with Gasteiger partial charge in [-0.15, -0.1) is 5.92 Å². The van der Waals surface area contributed by atoms with Gasteiger partial charge in [-0.1, -0.05) is 5.92 Å². The molecule has 0 amide bonds. The number of ether oxygens (including phenoxy) is 1. The van der Waals surface area contributed by atoms with Gasteiger partial charge in [0.1, 0.15) is 29.1 Å². The summed E-state index contributed by atoms with van der Waals surface area (Å²) in [6.45, 7) is 1.64. The molecular weight excluding hydrogens is 247 g/mol. The first kappa shape index (κ1) is 13.3. The molecule has 0 spiro atoms. The van der Waals surface area contributed by atoms with Crippen LogP contribution in [-0.4, -0.2) is 18.7 Å². The highest BCUT2D eigenvalue weighted by Crippen LogP contribution is 2.36. The Morgan fingerprint density at radius 1 is 1.26 bits per heavy atom. The molecule has 0 N–H and O–H groups in total. The van der Waals surface area contributed by atoms with Crippen LogP contribution in [0.1, 0.15) is 36.8 Å². The van der Waals surface area contributed by atoms with E-state index in [4.69, 9.17) is 4.74 Å². The number of hydrogen-bond acceptors (Lipinski definition) is 3. The molecule has 0 aliphatic heterocycles. The fourth-order valence-electron chi connectivity index (χ4n) is 2.29. The molecule has 1 saturated carbocycles. The quantitative estimate of drug-likeness (QED) is 0.605. The zero-order chi connectivity index (χ0) is 14.0. The van der Waals surface area contributed by atoms with Gasteiger partial charge in [-0.3, -0.25) is 9.59 Å². The third kappa shape index (κ3) is 2.37. The first-order valence-corrected chi connectivity index (χ1v) is 5.94. The van der Waals surface area contributed by atoms with Crippen LogP contribution in [0.3, 0.4) is 0 Å². The molecule has 1 aromatic carbocycles. The molecule has 0 bridgehead atoms. The van der Waals surface area contributed by atoms with Gasteiger partial charge < -0.3 is 4.74 Å². The molecular formula is C15H13FO3. The second-order valence-corrected chi connectivity index (χ2v) is 4.31. The first-order chi connectivity index (χ1) is 9.08. The van der Waals surface area contributed by atoms with E-state index in [1.165, 1.54) is 13.2 Å². The third-order valence-corrected chi connectivity index (χ3v) is 3.13. The molecule has 0 heterocycles. The van der Waals surface area contributed by atoms with E-state index in [0.29, 0.717) is 5.56 Å². The highest BCUT2D eigenvalue weighted by molar-refractivity contribution is 6.13. The lowest BCUT2D eigenvalue weighted by Gasteiger charge is -2.14. The fraction of sp³-hybridized carbons (Fsp3) is 0.333. The first-order valence-electron chi connectivity index (χ1n) is 5.94. The Morgan fingerprint density at radius 3 is 2.42 bits per heavy atom. The van der Waals surface area contributed by atoms with Gasteiger partial charge in [0, 0.05) is 24.0 Å². The van der Waals surface area contributed by atoms with E-state index in [-0.39, 0.29) is 35.7 Å². The Kier molecular flexibility index (Phi) is 3.66. The van der Waals surface area contributed by atoms with Gasteiger partial charge in [0.25, 0.3) is 0 Å². The molecule has 1 aromatic rings. The summed E-state index contributed by atoms with van der Waals surface area (Å²) >= 11 is 0.